The number of hydrogen-bond acceptors (Lipinski definition) is 5. The van der Waals surface area contributed by atoms with Crippen molar-refractivity contribution in [1.82, 2.24) is 15.0 Å². The molecule has 0 aliphatic heterocycles. The molecule has 0 spiro atoms. The van der Waals surface area contributed by atoms with Gasteiger partial charge in [0.05, 0.1) is 0 Å². The van der Waals surface area contributed by atoms with Gasteiger partial charge in [0.2, 0.25) is 5.95 Å². The Kier molecular flexibility index (Phi) is 4.13. The number of aromatic nitrogens is 3. The van der Waals surface area contributed by atoms with Crippen LogP contribution in [0.1, 0.15) is 33.5 Å². The molecule has 0 aromatic carbocycles. The molecule has 90 valence electrons. The summed E-state index contributed by atoms with van der Waals surface area (Å²) in [6.45, 7) is 8.87. The lowest BCUT2D eigenvalue weighted by molar-refractivity contribution is 0.256. The highest BCUT2D eigenvalue weighted by Crippen LogP contribution is 2.27. The second-order valence-corrected chi connectivity index (χ2v) is 5.84. The number of anilines is 1. The number of rotatable bonds is 3. The van der Waals surface area contributed by atoms with Gasteiger partial charge in [-0.3, -0.25) is 0 Å². The zero-order chi connectivity index (χ0) is 12.3. The molecule has 0 radical (unpaired) electrons. The smallest absolute Gasteiger partial charge is 0.224 e. The maximum atomic E-state index is 5.64. The molecule has 0 saturated heterocycles. The SMILES string of the molecule is CSc1nc(N)nc(CC(C)C(C)(C)C)n1. The Hall–Kier alpha value is -0.840. The molecule has 1 heterocycles. The van der Waals surface area contributed by atoms with E-state index in [2.05, 4.69) is 42.6 Å². The van der Waals surface area contributed by atoms with Gasteiger partial charge in [0.1, 0.15) is 5.82 Å². The third-order valence-corrected chi connectivity index (χ3v) is 3.38. The Morgan fingerprint density at radius 2 is 1.88 bits per heavy atom. The van der Waals surface area contributed by atoms with Crippen molar-refractivity contribution in [3.8, 4) is 0 Å². The summed E-state index contributed by atoms with van der Waals surface area (Å²) in [5.74, 6) is 1.61. The van der Waals surface area contributed by atoms with Crippen molar-refractivity contribution in [2.45, 2.75) is 39.3 Å². The van der Waals surface area contributed by atoms with E-state index in [0.717, 1.165) is 12.2 Å². The van der Waals surface area contributed by atoms with Crippen molar-refractivity contribution in [2.75, 3.05) is 12.0 Å². The van der Waals surface area contributed by atoms with Gasteiger partial charge < -0.3 is 5.73 Å². The molecule has 5 heteroatoms. The van der Waals surface area contributed by atoms with Gasteiger partial charge >= 0.3 is 0 Å². The summed E-state index contributed by atoms with van der Waals surface area (Å²) in [4.78, 5) is 12.6. The van der Waals surface area contributed by atoms with Crippen LogP contribution in [0.4, 0.5) is 5.95 Å². The summed E-state index contributed by atoms with van der Waals surface area (Å²) in [6, 6.07) is 0. The molecular formula is C11H20N4S. The number of nitrogens with two attached hydrogens (primary N) is 1. The van der Waals surface area contributed by atoms with E-state index in [-0.39, 0.29) is 5.41 Å². The predicted molar refractivity (Wildman–Crippen MR) is 68.3 cm³/mol. The van der Waals surface area contributed by atoms with Gasteiger partial charge in [0.15, 0.2) is 5.16 Å². The van der Waals surface area contributed by atoms with E-state index in [1.807, 2.05) is 6.26 Å². The summed E-state index contributed by atoms with van der Waals surface area (Å²) in [5, 5.41) is 0.698. The Morgan fingerprint density at radius 1 is 1.25 bits per heavy atom. The van der Waals surface area contributed by atoms with Crippen molar-refractivity contribution < 1.29 is 0 Å². The average molecular weight is 240 g/mol. The third-order valence-electron chi connectivity index (χ3n) is 2.83. The maximum Gasteiger partial charge on any atom is 0.224 e. The van der Waals surface area contributed by atoms with E-state index in [1.165, 1.54) is 11.8 Å². The van der Waals surface area contributed by atoms with Gasteiger partial charge in [0, 0.05) is 6.42 Å². The standard InChI is InChI=1S/C11H20N4S/c1-7(11(2,3)4)6-8-13-9(12)15-10(14-8)16-5/h7H,6H2,1-5H3,(H2,12,13,14,15). The molecule has 1 atom stereocenters. The Morgan fingerprint density at radius 3 is 2.38 bits per heavy atom. The van der Waals surface area contributed by atoms with Crippen molar-refractivity contribution in [2.24, 2.45) is 11.3 Å². The van der Waals surface area contributed by atoms with Gasteiger partial charge in [0.25, 0.3) is 0 Å². The Bertz CT molecular complexity index is 359. The summed E-state index contributed by atoms with van der Waals surface area (Å²) < 4.78 is 0. The van der Waals surface area contributed by atoms with Gasteiger partial charge in [-0.05, 0) is 17.6 Å². The third kappa shape index (κ3) is 3.63. The van der Waals surface area contributed by atoms with Gasteiger partial charge in [-0.1, -0.05) is 39.5 Å². The first-order chi connectivity index (χ1) is 7.32. The lowest BCUT2D eigenvalue weighted by Gasteiger charge is -2.26. The van der Waals surface area contributed by atoms with Crippen LogP contribution >= 0.6 is 11.8 Å². The summed E-state index contributed by atoms with van der Waals surface area (Å²) in [6.07, 6.45) is 2.77. The van der Waals surface area contributed by atoms with Crippen LogP contribution in [0.25, 0.3) is 0 Å². The lowest BCUT2D eigenvalue weighted by Crippen LogP contribution is -2.21. The molecule has 2 N–H and O–H groups in total. The number of hydrogen-bond donors (Lipinski definition) is 1. The van der Waals surface area contributed by atoms with Crippen LogP contribution in [-0.4, -0.2) is 21.2 Å². The Balaban J connectivity index is 2.85. The van der Waals surface area contributed by atoms with E-state index >= 15 is 0 Å². The zero-order valence-electron chi connectivity index (χ0n) is 10.6. The van der Waals surface area contributed by atoms with Crippen LogP contribution in [-0.2, 0) is 6.42 Å². The summed E-state index contributed by atoms with van der Waals surface area (Å²) >= 11 is 1.49. The van der Waals surface area contributed by atoms with Crippen LogP contribution in [0.2, 0.25) is 0 Å². The quantitative estimate of drug-likeness (QED) is 0.822. The fourth-order valence-electron chi connectivity index (χ4n) is 1.18. The lowest BCUT2D eigenvalue weighted by atomic mass is 9.80. The molecule has 0 aliphatic rings. The monoisotopic (exact) mass is 240 g/mol. The topological polar surface area (TPSA) is 64.7 Å². The minimum atomic E-state index is 0.251. The van der Waals surface area contributed by atoms with Gasteiger partial charge in [-0.15, -0.1) is 0 Å². The molecule has 4 nitrogen and oxygen atoms in total. The van der Waals surface area contributed by atoms with Crippen LogP contribution in [0.3, 0.4) is 0 Å². The van der Waals surface area contributed by atoms with Crippen LogP contribution in [0, 0.1) is 11.3 Å². The van der Waals surface area contributed by atoms with Crippen LogP contribution in [0.15, 0.2) is 5.16 Å². The minimum Gasteiger partial charge on any atom is -0.368 e. The first-order valence-electron chi connectivity index (χ1n) is 5.37. The first kappa shape index (κ1) is 13.2. The van der Waals surface area contributed by atoms with E-state index in [1.54, 1.807) is 0 Å². The van der Waals surface area contributed by atoms with Crippen molar-refractivity contribution >= 4 is 17.7 Å². The minimum absolute atomic E-state index is 0.251. The molecule has 1 rings (SSSR count). The molecule has 1 unspecified atom stereocenters. The van der Waals surface area contributed by atoms with Crippen molar-refractivity contribution in [3.63, 3.8) is 0 Å². The predicted octanol–water partition coefficient (Wildman–Crippen LogP) is 2.40. The molecule has 0 fully saturated rings. The van der Waals surface area contributed by atoms with Crippen LogP contribution in [0.5, 0.6) is 0 Å². The van der Waals surface area contributed by atoms with Crippen molar-refractivity contribution in [1.29, 1.82) is 0 Å². The van der Waals surface area contributed by atoms with Gasteiger partial charge in [-0.25, -0.2) is 4.98 Å². The van der Waals surface area contributed by atoms with E-state index < -0.39 is 0 Å². The second kappa shape index (κ2) is 4.99. The van der Waals surface area contributed by atoms with Gasteiger partial charge in [-0.2, -0.15) is 9.97 Å². The van der Waals surface area contributed by atoms with E-state index in [0.29, 0.717) is 17.0 Å². The highest BCUT2D eigenvalue weighted by molar-refractivity contribution is 7.98. The molecule has 0 saturated carbocycles. The molecule has 1 aromatic heterocycles. The zero-order valence-corrected chi connectivity index (χ0v) is 11.4. The molecular weight excluding hydrogens is 220 g/mol. The number of nitrogen functional groups attached to an aromatic ring is 1. The highest BCUT2D eigenvalue weighted by atomic mass is 32.2. The summed E-state index contributed by atoms with van der Waals surface area (Å²) in [5.41, 5.74) is 5.90. The Labute approximate surface area is 101 Å². The molecule has 0 amide bonds. The molecule has 0 aliphatic carbocycles. The highest BCUT2D eigenvalue weighted by Gasteiger charge is 2.21. The fraction of sp³-hybridized carbons (Fsp3) is 0.727. The molecule has 0 bridgehead atoms. The second-order valence-electron chi connectivity index (χ2n) is 5.07. The largest absolute Gasteiger partial charge is 0.368 e. The number of nitrogens with zero attached hydrogens (tertiary/aromatic N) is 3. The fourth-order valence-corrected chi connectivity index (χ4v) is 1.56. The molecule has 16 heavy (non-hydrogen) atoms. The average Bonchev–Trinajstić information content (AvgIpc) is 2.15. The number of thioether (sulfide) groups is 1. The molecule has 1 aromatic rings. The first-order valence-corrected chi connectivity index (χ1v) is 6.60. The summed E-state index contributed by atoms with van der Waals surface area (Å²) in [7, 11) is 0. The van der Waals surface area contributed by atoms with Crippen molar-refractivity contribution in [3.05, 3.63) is 5.82 Å². The normalized spacial score (nSPS) is 13.8. The van der Waals surface area contributed by atoms with E-state index in [9.17, 15) is 0 Å². The van der Waals surface area contributed by atoms with E-state index in [4.69, 9.17) is 5.73 Å². The van der Waals surface area contributed by atoms with Crippen LogP contribution < -0.4 is 5.73 Å². The maximum absolute atomic E-state index is 5.64.